The second-order valence-electron chi connectivity index (χ2n) is 0.981. The van der Waals surface area contributed by atoms with Crippen molar-refractivity contribution in [3.8, 4) is 0 Å². The van der Waals surface area contributed by atoms with Crippen molar-refractivity contribution in [2.45, 2.75) is 0 Å². The van der Waals surface area contributed by atoms with Gasteiger partial charge in [-0.15, -0.1) is 0 Å². The third kappa shape index (κ3) is 5060. The molecule has 0 heterocycles. The van der Waals surface area contributed by atoms with Crippen LogP contribution in [0.2, 0.25) is 0 Å². The fourth-order valence-electron chi connectivity index (χ4n) is 0. The van der Waals surface area contributed by atoms with Crippen LogP contribution in [0.1, 0.15) is 0 Å². The van der Waals surface area contributed by atoms with Gasteiger partial charge in [0.1, 0.15) is 0 Å². The molecular weight excluding hydrogens is 319 g/mol. The minimum Gasteiger partial charge on any atom is -0.756 e. The number of rotatable bonds is 0. The predicted molar refractivity (Wildman–Crippen MR) is 38.5 cm³/mol. The molecule has 0 bridgehead atoms. The van der Waals surface area contributed by atoms with Crippen LogP contribution in [0.4, 0.5) is 0 Å². The summed E-state index contributed by atoms with van der Waals surface area (Å²) in [4.78, 5) is 45.8. The van der Waals surface area contributed by atoms with Crippen molar-refractivity contribution in [1.82, 2.24) is 0 Å². The third-order valence-electron chi connectivity index (χ3n) is 0. The van der Waals surface area contributed by atoms with Gasteiger partial charge in [-0.25, -0.2) is 0 Å². The Balaban J connectivity index is -0.0000000128. The van der Waals surface area contributed by atoms with Gasteiger partial charge in [-0.2, -0.15) is 0 Å². The Morgan fingerprint density at radius 1 is 0.667 bits per heavy atom. The third-order valence-corrected chi connectivity index (χ3v) is 0. The maximum Gasteiger partial charge on any atom is 2.00 e. The van der Waals surface area contributed by atoms with E-state index in [0.29, 0.717) is 0 Å². The first-order chi connectivity index (χ1) is 4.00. The van der Waals surface area contributed by atoms with Crippen molar-refractivity contribution in [2.24, 2.45) is 0 Å². The number of hydrogen-bond acceptors (Lipinski definition) is 4. The first-order valence-electron chi connectivity index (χ1n) is 1.53. The van der Waals surface area contributed by atoms with E-state index in [9.17, 15) is 0 Å². The van der Waals surface area contributed by atoms with E-state index in [2.05, 4.69) is 0 Å². The molecule has 0 spiro atoms. The second kappa shape index (κ2) is 17.1. The van der Waals surface area contributed by atoms with E-state index in [1.54, 1.807) is 0 Å². The van der Waals surface area contributed by atoms with Gasteiger partial charge in [-0.05, 0) is 0 Å². The summed E-state index contributed by atoms with van der Waals surface area (Å²) in [7, 11) is -9.78. The van der Waals surface area contributed by atoms with Gasteiger partial charge < -0.3 is 51.3 Å². The molecule has 0 aromatic carbocycles. The molecule has 0 saturated carbocycles. The van der Waals surface area contributed by atoms with Crippen LogP contribution in [-0.2, 0) is 28.6 Å². The van der Waals surface area contributed by atoms with E-state index in [4.69, 9.17) is 38.5 Å². The molecule has 15 heavy (non-hydrogen) atoms. The summed E-state index contributed by atoms with van der Waals surface area (Å²) in [6, 6.07) is 0. The normalized spacial score (nSPS) is 7.87. The van der Waals surface area contributed by atoms with E-state index in [-0.39, 0.29) is 41.4 Å². The van der Waals surface area contributed by atoms with Crippen LogP contribution >= 0.6 is 15.6 Å². The summed E-state index contributed by atoms with van der Waals surface area (Å²) >= 11 is 0. The molecule has 0 atom stereocenters. The van der Waals surface area contributed by atoms with E-state index < -0.39 is 15.6 Å². The molecule has 0 amide bonds. The van der Waals surface area contributed by atoms with Crippen molar-refractivity contribution >= 4 is 15.6 Å². The SMILES string of the molecule is O.O.O.O.O=P([O-])(O)O.O=P([O-])(O)O.[Zn+2]. The zero-order valence-electron chi connectivity index (χ0n) is 7.02. The summed E-state index contributed by atoms with van der Waals surface area (Å²) in [5.41, 5.74) is 0. The van der Waals surface area contributed by atoms with E-state index in [0.717, 1.165) is 0 Å². The van der Waals surface area contributed by atoms with Gasteiger partial charge in [0.05, 0.1) is 0 Å². The molecule has 0 rings (SSSR count). The first-order valence-corrected chi connectivity index (χ1v) is 4.59. The molecule has 0 unspecified atom stereocenters. The van der Waals surface area contributed by atoms with Gasteiger partial charge in [-0.1, -0.05) is 0 Å². The van der Waals surface area contributed by atoms with Gasteiger partial charge in [-0.3, -0.25) is 9.13 Å². The standard InChI is InChI=1S/2H3O4P.4H2O.Zn/c2*1-5(2,3)4;;;;;/h2*(H3,1,2,3,4);4*1H2;/q;;;;;;+2/p-2. The molecule has 0 aliphatic heterocycles. The van der Waals surface area contributed by atoms with Crippen LogP contribution in [0.15, 0.2) is 0 Å². The number of phosphoric acid groups is 2. The molecule has 0 aliphatic rings. The first kappa shape index (κ1) is 44.8. The summed E-state index contributed by atoms with van der Waals surface area (Å²) in [5.74, 6) is 0. The van der Waals surface area contributed by atoms with E-state index >= 15 is 0 Å². The maximum atomic E-state index is 8.77. The van der Waals surface area contributed by atoms with Gasteiger partial charge >= 0.3 is 19.5 Å². The fourth-order valence-corrected chi connectivity index (χ4v) is 0. The Morgan fingerprint density at radius 3 is 0.667 bits per heavy atom. The molecule has 15 heteroatoms. The van der Waals surface area contributed by atoms with Crippen molar-refractivity contribution in [3.63, 3.8) is 0 Å². The zero-order chi connectivity index (χ0) is 9.00. The van der Waals surface area contributed by atoms with Crippen LogP contribution in [-0.4, -0.2) is 41.5 Å². The smallest absolute Gasteiger partial charge is 0.756 e. The fraction of sp³-hybridized carbons (Fsp3) is 0. The quantitative estimate of drug-likeness (QED) is 0.243. The molecule has 0 aromatic rings. The Hall–Kier alpha value is 0.683. The Morgan fingerprint density at radius 2 is 0.667 bits per heavy atom. The van der Waals surface area contributed by atoms with Crippen LogP contribution in [0.5, 0.6) is 0 Å². The van der Waals surface area contributed by atoms with Gasteiger partial charge in [0.25, 0.3) is 15.6 Å². The molecule has 0 saturated heterocycles. The summed E-state index contributed by atoms with van der Waals surface area (Å²) < 4.78 is 17.5. The monoisotopic (exact) mass is 330 g/mol. The van der Waals surface area contributed by atoms with Crippen LogP contribution < -0.4 is 9.79 Å². The van der Waals surface area contributed by atoms with E-state index in [1.807, 2.05) is 0 Å². The van der Waals surface area contributed by atoms with Crippen molar-refractivity contribution in [2.75, 3.05) is 0 Å². The van der Waals surface area contributed by atoms with Crippen molar-refractivity contribution in [1.29, 1.82) is 0 Å². The van der Waals surface area contributed by atoms with Crippen LogP contribution in [0.25, 0.3) is 0 Å². The predicted octanol–water partition coefficient (Wildman–Crippen LogP) is -6.42. The number of hydrogen-bond donors (Lipinski definition) is 4. The Kier molecular flexibility index (Phi) is 51.1. The van der Waals surface area contributed by atoms with Crippen LogP contribution in [0.3, 0.4) is 0 Å². The largest absolute Gasteiger partial charge is 2.00 e. The van der Waals surface area contributed by atoms with Gasteiger partial charge in [0.2, 0.25) is 0 Å². The molecule has 12 N–H and O–H groups in total. The average Bonchev–Trinajstić information content (AvgIpc) is 1.12. The minimum atomic E-state index is -4.89. The molecule has 0 radical (unpaired) electrons. The average molecular weight is 331 g/mol. The molecule has 0 fully saturated rings. The maximum absolute atomic E-state index is 8.77. The van der Waals surface area contributed by atoms with Gasteiger partial charge in [0.15, 0.2) is 0 Å². The molecular formula is H12O12P2Zn. The molecule has 0 aromatic heterocycles. The van der Waals surface area contributed by atoms with Gasteiger partial charge in [0, 0.05) is 0 Å². The Labute approximate surface area is 96.1 Å². The summed E-state index contributed by atoms with van der Waals surface area (Å²) in [5, 5.41) is 0. The second-order valence-corrected chi connectivity index (χ2v) is 2.94. The topological polar surface area (TPSA) is 287 Å². The Bertz CT molecular complexity index is 126. The molecule has 12 nitrogen and oxygen atoms in total. The zero-order valence-corrected chi connectivity index (χ0v) is 11.8. The van der Waals surface area contributed by atoms with Crippen molar-refractivity contribution in [3.05, 3.63) is 0 Å². The summed E-state index contributed by atoms with van der Waals surface area (Å²) in [6.45, 7) is 0. The van der Waals surface area contributed by atoms with Crippen LogP contribution in [0, 0.1) is 0 Å². The van der Waals surface area contributed by atoms with E-state index in [1.165, 1.54) is 0 Å². The summed E-state index contributed by atoms with van der Waals surface area (Å²) in [6.07, 6.45) is 0. The minimum absolute atomic E-state index is 0. The molecule has 96 valence electrons. The van der Waals surface area contributed by atoms with Crippen molar-refractivity contribution < 1.29 is 79.9 Å². The molecule has 0 aliphatic carbocycles.